The number of carbonyl (C=O) groups excluding carboxylic acids is 1. The lowest BCUT2D eigenvalue weighted by molar-refractivity contribution is -0.125. The lowest BCUT2D eigenvalue weighted by Gasteiger charge is -2.14. The average molecular weight is 262 g/mol. The predicted molar refractivity (Wildman–Crippen MR) is 64.4 cm³/mol. The Hall–Kier alpha value is -0.310. The quantitative estimate of drug-likeness (QED) is 0.749. The van der Waals surface area contributed by atoms with Crippen molar-refractivity contribution in [3.05, 3.63) is 11.1 Å². The van der Waals surface area contributed by atoms with Crippen LogP contribution < -0.4 is 5.32 Å². The van der Waals surface area contributed by atoms with E-state index < -0.39 is 0 Å². The third-order valence-corrected chi connectivity index (χ3v) is 2.38. The van der Waals surface area contributed by atoms with E-state index >= 15 is 0 Å². The van der Waals surface area contributed by atoms with Gasteiger partial charge in [-0.25, -0.2) is 0 Å². The smallest absolute Gasteiger partial charge is 0.223 e. The Balaban J connectivity index is 3.94. The maximum atomic E-state index is 11.7. The molecule has 2 nitrogen and oxygen atoms in total. The highest BCUT2D eigenvalue weighted by Crippen LogP contribution is 2.13. The van der Waals surface area contributed by atoms with E-state index in [-0.39, 0.29) is 11.8 Å². The van der Waals surface area contributed by atoms with Crippen LogP contribution in [0.5, 0.6) is 0 Å². The lowest BCUT2D eigenvalue weighted by Crippen LogP contribution is -2.31. The van der Waals surface area contributed by atoms with E-state index in [2.05, 4.69) is 41.7 Å². The van der Waals surface area contributed by atoms with Crippen molar-refractivity contribution < 1.29 is 4.79 Å². The Morgan fingerprint density at radius 1 is 1.36 bits per heavy atom. The molecule has 0 saturated carbocycles. The van der Waals surface area contributed by atoms with Crippen LogP contribution in [0.15, 0.2) is 11.1 Å². The number of amides is 1. The second kappa shape index (κ2) is 8.04. The fourth-order valence-electron chi connectivity index (χ4n) is 1.43. The molecular formula is C11H20BrNO. The molecule has 0 bridgehead atoms. The van der Waals surface area contributed by atoms with E-state index in [1.807, 2.05) is 0 Å². The van der Waals surface area contributed by atoms with Crippen molar-refractivity contribution in [2.24, 2.45) is 5.92 Å². The summed E-state index contributed by atoms with van der Waals surface area (Å²) in [6.45, 7) is 8.43. The molecule has 0 aromatic carbocycles. The summed E-state index contributed by atoms with van der Waals surface area (Å²) in [5.41, 5.74) is 0. The molecule has 14 heavy (non-hydrogen) atoms. The van der Waals surface area contributed by atoms with Crippen LogP contribution in [0.2, 0.25) is 0 Å². The monoisotopic (exact) mass is 261 g/mol. The number of hydrogen-bond acceptors (Lipinski definition) is 1. The Labute approximate surface area is 95.3 Å². The molecule has 0 atom stereocenters. The first-order chi connectivity index (χ1) is 6.61. The van der Waals surface area contributed by atoms with Gasteiger partial charge >= 0.3 is 0 Å². The first kappa shape index (κ1) is 13.7. The zero-order valence-electron chi connectivity index (χ0n) is 9.11. The van der Waals surface area contributed by atoms with Crippen LogP contribution >= 0.6 is 15.9 Å². The molecular weight excluding hydrogens is 242 g/mol. The van der Waals surface area contributed by atoms with E-state index in [0.717, 1.165) is 30.2 Å². The molecule has 1 N–H and O–H groups in total. The van der Waals surface area contributed by atoms with Crippen LogP contribution in [0.4, 0.5) is 0 Å². The summed E-state index contributed by atoms with van der Waals surface area (Å²) >= 11 is 3.22. The number of halogens is 1. The minimum absolute atomic E-state index is 0.161. The van der Waals surface area contributed by atoms with Crippen molar-refractivity contribution in [3.63, 3.8) is 0 Å². The summed E-state index contributed by atoms with van der Waals surface area (Å²) in [6.07, 6.45) is 4.09. The molecule has 0 fully saturated rings. The number of carbonyl (C=O) groups is 1. The number of nitrogens with one attached hydrogen (secondary N) is 1. The molecule has 3 heteroatoms. The number of hydrogen-bond donors (Lipinski definition) is 1. The maximum absolute atomic E-state index is 11.7. The molecule has 0 aliphatic heterocycles. The summed E-state index contributed by atoms with van der Waals surface area (Å²) in [5, 5.41) is 2.87. The summed E-state index contributed by atoms with van der Waals surface area (Å²) < 4.78 is 0.817. The van der Waals surface area contributed by atoms with Crippen molar-refractivity contribution in [2.45, 2.75) is 39.5 Å². The van der Waals surface area contributed by atoms with E-state index in [9.17, 15) is 4.79 Å². The second-order valence-electron chi connectivity index (χ2n) is 3.51. The molecule has 82 valence electrons. The van der Waals surface area contributed by atoms with E-state index in [1.165, 1.54) is 0 Å². The molecule has 0 saturated heterocycles. The van der Waals surface area contributed by atoms with Gasteiger partial charge in [-0.3, -0.25) is 4.79 Å². The van der Waals surface area contributed by atoms with E-state index in [1.54, 1.807) is 0 Å². The lowest BCUT2D eigenvalue weighted by atomic mass is 9.97. The Morgan fingerprint density at radius 2 is 1.86 bits per heavy atom. The van der Waals surface area contributed by atoms with Gasteiger partial charge in [0.1, 0.15) is 0 Å². The summed E-state index contributed by atoms with van der Waals surface area (Å²) in [5.74, 6) is 0.339. The van der Waals surface area contributed by atoms with Crippen LogP contribution in [0.3, 0.4) is 0 Å². The third-order valence-electron chi connectivity index (χ3n) is 2.10. The van der Waals surface area contributed by atoms with Crippen LogP contribution in [0, 0.1) is 5.92 Å². The molecule has 0 radical (unpaired) electrons. The van der Waals surface area contributed by atoms with Gasteiger partial charge in [-0.1, -0.05) is 49.2 Å². The predicted octanol–water partition coefficient (Wildman–Crippen LogP) is 3.23. The molecule has 0 aliphatic rings. The third kappa shape index (κ3) is 6.19. The van der Waals surface area contributed by atoms with Crippen molar-refractivity contribution in [1.82, 2.24) is 5.32 Å². The molecule has 0 rings (SSSR count). The maximum Gasteiger partial charge on any atom is 0.223 e. The Morgan fingerprint density at radius 3 is 2.21 bits per heavy atom. The molecule has 0 aromatic heterocycles. The van der Waals surface area contributed by atoms with E-state index in [0.29, 0.717) is 6.54 Å². The minimum atomic E-state index is 0.161. The summed E-state index contributed by atoms with van der Waals surface area (Å²) in [7, 11) is 0. The normalized spacial score (nSPS) is 10.3. The highest BCUT2D eigenvalue weighted by Gasteiger charge is 2.15. The minimum Gasteiger partial charge on any atom is -0.351 e. The molecule has 0 aliphatic carbocycles. The van der Waals surface area contributed by atoms with E-state index in [4.69, 9.17) is 0 Å². The molecule has 0 heterocycles. The highest BCUT2D eigenvalue weighted by molar-refractivity contribution is 9.11. The molecule has 0 spiro atoms. The van der Waals surface area contributed by atoms with Gasteiger partial charge < -0.3 is 5.32 Å². The van der Waals surface area contributed by atoms with Crippen molar-refractivity contribution in [2.75, 3.05) is 6.54 Å². The van der Waals surface area contributed by atoms with Crippen molar-refractivity contribution in [1.29, 1.82) is 0 Å². The molecule has 0 aromatic rings. The fraction of sp³-hybridized carbons (Fsp3) is 0.727. The summed E-state index contributed by atoms with van der Waals surface area (Å²) in [4.78, 5) is 11.7. The van der Waals surface area contributed by atoms with Gasteiger partial charge in [0.05, 0.1) is 0 Å². The topological polar surface area (TPSA) is 29.1 Å². The Bertz CT molecular complexity index is 186. The zero-order valence-corrected chi connectivity index (χ0v) is 10.7. The van der Waals surface area contributed by atoms with Gasteiger partial charge in [-0.05, 0) is 12.8 Å². The second-order valence-corrected chi connectivity index (χ2v) is 4.63. The van der Waals surface area contributed by atoms with Gasteiger partial charge in [0, 0.05) is 16.9 Å². The van der Waals surface area contributed by atoms with Gasteiger partial charge in [0.25, 0.3) is 0 Å². The van der Waals surface area contributed by atoms with Crippen LogP contribution in [0.25, 0.3) is 0 Å². The van der Waals surface area contributed by atoms with Gasteiger partial charge in [-0.2, -0.15) is 0 Å². The first-order valence-corrected chi connectivity index (χ1v) is 6.02. The average Bonchev–Trinajstić information content (AvgIpc) is 2.14. The SMILES string of the molecule is C=C(Br)CNC(=O)C(CCC)CCC. The standard InChI is InChI=1S/C11H20BrNO/c1-4-6-10(7-5-2)11(14)13-8-9(3)12/h10H,3-8H2,1-2H3,(H,13,14). The van der Waals surface area contributed by atoms with Crippen molar-refractivity contribution >= 4 is 21.8 Å². The Kier molecular flexibility index (Phi) is 7.86. The van der Waals surface area contributed by atoms with Crippen LogP contribution in [-0.2, 0) is 4.79 Å². The van der Waals surface area contributed by atoms with Crippen LogP contribution in [-0.4, -0.2) is 12.5 Å². The van der Waals surface area contributed by atoms with Gasteiger partial charge in [-0.15, -0.1) is 0 Å². The zero-order chi connectivity index (χ0) is 11.0. The van der Waals surface area contributed by atoms with Gasteiger partial charge in [0.15, 0.2) is 0 Å². The molecule has 1 amide bonds. The fourth-order valence-corrected chi connectivity index (χ4v) is 1.57. The number of rotatable bonds is 7. The van der Waals surface area contributed by atoms with Crippen LogP contribution in [0.1, 0.15) is 39.5 Å². The molecule has 0 unspecified atom stereocenters. The largest absolute Gasteiger partial charge is 0.351 e. The highest BCUT2D eigenvalue weighted by atomic mass is 79.9. The van der Waals surface area contributed by atoms with Crippen molar-refractivity contribution in [3.8, 4) is 0 Å². The first-order valence-electron chi connectivity index (χ1n) is 5.22. The van der Waals surface area contributed by atoms with Gasteiger partial charge in [0.2, 0.25) is 5.91 Å². The summed E-state index contributed by atoms with van der Waals surface area (Å²) in [6, 6.07) is 0.